The molecule has 0 atom stereocenters. The molecule has 3 rings (SSSR count). The van der Waals surface area contributed by atoms with Crippen LogP contribution in [0.2, 0.25) is 0 Å². The van der Waals surface area contributed by atoms with Crippen molar-refractivity contribution in [2.75, 3.05) is 20.2 Å². The minimum absolute atomic E-state index is 0.0117. The van der Waals surface area contributed by atoms with Crippen LogP contribution in [0.3, 0.4) is 0 Å². The smallest absolute Gasteiger partial charge is 0.416 e. The number of nitrogens with two attached hydrogens (primary N) is 1. The Morgan fingerprint density at radius 2 is 1.83 bits per heavy atom. The van der Waals surface area contributed by atoms with E-state index in [9.17, 15) is 26.4 Å². The van der Waals surface area contributed by atoms with Crippen LogP contribution >= 0.6 is 0 Å². The van der Waals surface area contributed by atoms with Gasteiger partial charge in [0.25, 0.3) is 0 Å². The maximum Gasteiger partial charge on any atom is 0.416 e. The Labute approximate surface area is 205 Å². The van der Waals surface area contributed by atoms with Crippen LogP contribution in [0, 0.1) is 6.92 Å². The molecular weight excluding hydrogens is 501 g/mol. The van der Waals surface area contributed by atoms with Gasteiger partial charge >= 0.3 is 6.18 Å². The molecule has 0 aliphatic heterocycles. The van der Waals surface area contributed by atoms with E-state index >= 15 is 0 Å². The van der Waals surface area contributed by atoms with E-state index in [4.69, 9.17) is 9.88 Å². The maximum absolute atomic E-state index is 13.2. The highest BCUT2D eigenvalue weighted by Gasteiger charge is 2.31. The second-order valence-corrected chi connectivity index (χ2v) is 9.59. The molecule has 1 aromatic heterocycles. The van der Waals surface area contributed by atoms with Gasteiger partial charge in [0.15, 0.2) is 5.82 Å². The molecule has 10 nitrogen and oxygen atoms in total. The van der Waals surface area contributed by atoms with Crippen LogP contribution in [-0.4, -0.2) is 59.6 Å². The molecule has 2 N–H and O–H groups in total. The number of aryl methyl sites for hydroxylation is 2. The van der Waals surface area contributed by atoms with Gasteiger partial charge in [-0.15, -0.1) is 10.2 Å². The number of tetrazole rings is 1. The Morgan fingerprint density at radius 3 is 2.42 bits per heavy atom. The van der Waals surface area contributed by atoms with Gasteiger partial charge in [-0.05, 0) is 66.1 Å². The summed E-state index contributed by atoms with van der Waals surface area (Å²) in [6, 6.07) is 8.94. The summed E-state index contributed by atoms with van der Waals surface area (Å²) in [4.78, 5) is 15.2. The number of ether oxygens (including phenoxy) is 1. The molecule has 0 unspecified atom stereocenters. The Hall–Kier alpha value is -3.52. The van der Waals surface area contributed by atoms with Gasteiger partial charge in [-0.2, -0.15) is 18.0 Å². The number of sulfonamides is 1. The molecular formula is C22H25F3N6O4S. The number of hydrogen-bond donors (Lipinski definition) is 1. The number of nitrogens with zero attached hydrogens (tertiary/aromatic N) is 5. The van der Waals surface area contributed by atoms with E-state index < -0.39 is 21.8 Å². The van der Waals surface area contributed by atoms with Crippen LogP contribution in [0.25, 0.3) is 0 Å². The number of carbonyl (C=O) groups excluding carboxylic acids is 1. The van der Waals surface area contributed by atoms with Gasteiger partial charge in [-0.25, -0.2) is 13.6 Å². The van der Waals surface area contributed by atoms with E-state index in [1.165, 1.54) is 40.0 Å². The molecule has 0 saturated heterocycles. The first-order valence-electron chi connectivity index (χ1n) is 10.8. The van der Waals surface area contributed by atoms with Gasteiger partial charge in [0, 0.05) is 13.5 Å². The molecule has 0 radical (unpaired) electrons. The van der Waals surface area contributed by atoms with Crippen LogP contribution in [0.5, 0.6) is 5.75 Å². The van der Waals surface area contributed by atoms with Crippen molar-refractivity contribution >= 4 is 15.9 Å². The first kappa shape index (κ1) is 27.1. The molecule has 0 saturated carbocycles. The minimum Gasteiger partial charge on any atom is -0.492 e. The molecule has 0 aliphatic rings. The zero-order chi connectivity index (χ0) is 26.5. The topological polar surface area (TPSA) is 133 Å². The van der Waals surface area contributed by atoms with Crippen molar-refractivity contribution in [3.63, 3.8) is 0 Å². The molecule has 1 heterocycles. The van der Waals surface area contributed by atoms with Crippen molar-refractivity contribution in [3.8, 4) is 5.75 Å². The van der Waals surface area contributed by atoms with E-state index in [1.54, 1.807) is 14.0 Å². The summed E-state index contributed by atoms with van der Waals surface area (Å²) in [7, 11) is -2.21. The summed E-state index contributed by atoms with van der Waals surface area (Å²) in [6.07, 6.45) is -4.21. The lowest BCUT2D eigenvalue weighted by Gasteiger charge is -2.18. The standard InChI is InChI=1S/C22H25F3N6O4S/c1-15-27-29-31(28-15)14-17-13-18(22(23,24)25)5-3-16(17)4-10-21(32)30(2)11-12-35-19-6-8-20(9-7-19)36(26,33)34/h3,5-9,13H,4,10-12,14H2,1-2H3,(H2,26,33,34). The van der Waals surface area contributed by atoms with Crippen molar-refractivity contribution in [1.82, 2.24) is 25.1 Å². The van der Waals surface area contributed by atoms with Gasteiger partial charge in [-0.1, -0.05) is 6.07 Å². The van der Waals surface area contributed by atoms with Crippen LogP contribution < -0.4 is 9.88 Å². The van der Waals surface area contributed by atoms with Crippen molar-refractivity contribution in [2.24, 2.45) is 5.14 Å². The summed E-state index contributed by atoms with van der Waals surface area (Å²) in [5, 5.41) is 16.6. The van der Waals surface area contributed by atoms with Gasteiger partial charge in [0.1, 0.15) is 12.4 Å². The Balaban J connectivity index is 1.57. The van der Waals surface area contributed by atoms with Crippen molar-refractivity contribution in [3.05, 3.63) is 65.0 Å². The SMILES string of the molecule is Cc1nnn(Cc2cc(C(F)(F)F)ccc2CCC(=O)N(C)CCOc2ccc(S(N)(=O)=O)cc2)n1. The van der Waals surface area contributed by atoms with E-state index in [-0.39, 0.29) is 43.3 Å². The second-order valence-electron chi connectivity index (χ2n) is 8.03. The number of carbonyl (C=O) groups is 1. The Bertz CT molecular complexity index is 1310. The number of amides is 1. The molecule has 36 heavy (non-hydrogen) atoms. The summed E-state index contributed by atoms with van der Waals surface area (Å²) in [6.45, 7) is 2.01. The first-order valence-corrected chi connectivity index (χ1v) is 12.3. The minimum atomic E-state index is -4.51. The van der Waals surface area contributed by atoms with Crippen LogP contribution in [0.1, 0.15) is 28.9 Å². The van der Waals surface area contributed by atoms with Crippen LogP contribution in [0.15, 0.2) is 47.4 Å². The number of benzene rings is 2. The van der Waals surface area contributed by atoms with Crippen molar-refractivity contribution in [2.45, 2.75) is 37.4 Å². The fraction of sp³-hybridized carbons (Fsp3) is 0.364. The molecule has 0 aliphatic carbocycles. The lowest BCUT2D eigenvalue weighted by atomic mass is 9.99. The first-order chi connectivity index (χ1) is 16.8. The van der Waals surface area contributed by atoms with Crippen molar-refractivity contribution < 1.29 is 31.1 Å². The molecule has 1 amide bonds. The predicted molar refractivity (Wildman–Crippen MR) is 122 cm³/mol. The summed E-state index contributed by atoms with van der Waals surface area (Å²) < 4.78 is 67.8. The highest BCUT2D eigenvalue weighted by molar-refractivity contribution is 7.89. The predicted octanol–water partition coefficient (Wildman–Crippen LogP) is 2.17. The number of likely N-dealkylation sites (N-methyl/N-ethyl adjacent to an activating group) is 1. The van der Waals surface area contributed by atoms with E-state index in [2.05, 4.69) is 15.4 Å². The third kappa shape index (κ3) is 7.49. The van der Waals surface area contributed by atoms with Gasteiger partial charge in [0.2, 0.25) is 15.9 Å². The summed E-state index contributed by atoms with van der Waals surface area (Å²) in [5.41, 5.74) is 0.130. The second kappa shape index (κ2) is 11.0. The molecule has 2 aromatic carbocycles. The summed E-state index contributed by atoms with van der Waals surface area (Å²) >= 11 is 0. The van der Waals surface area contributed by atoms with Crippen molar-refractivity contribution in [1.29, 1.82) is 0 Å². The zero-order valence-electron chi connectivity index (χ0n) is 19.6. The third-order valence-electron chi connectivity index (χ3n) is 5.28. The Morgan fingerprint density at radius 1 is 1.14 bits per heavy atom. The van der Waals surface area contributed by atoms with Crippen LogP contribution in [-0.2, 0) is 34.0 Å². The van der Waals surface area contributed by atoms with E-state index in [1.807, 2.05) is 0 Å². The number of primary sulfonamides is 1. The maximum atomic E-state index is 13.2. The van der Waals surface area contributed by atoms with Crippen LogP contribution in [0.4, 0.5) is 13.2 Å². The van der Waals surface area contributed by atoms with Gasteiger partial charge in [-0.3, -0.25) is 4.79 Å². The monoisotopic (exact) mass is 526 g/mol. The highest BCUT2D eigenvalue weighted by Crippen LogP contribution is 2.31. The third-order valence-corrected chi connectivity index (χ3v) is 6.21. The average Bonchev–Trinajstić information content (AvgIpc) is 3.21. The lowest BCUT2D eigenvalue weighted by molar-refractivity contribution is -0.137. The largest absolute Gasteiger partial charge is 0.492 e. The number of rotatable bonds is 10. The molecule has 0 fully saturated rings. The fourth-order valence-corrected chi connectivity index (χ4v) is 3.83. The lowest BCUT2D eigenvalue weighted by Crippen LogP contribution is -2.31. The molecule has 0 bridgehead atoms. The Kier molecular flexibility index (Phi) is 8.30. The normalized spacial score (nSPS) is 11.9. The number of halogens is 3. The molecule has 194 valence electrons. The molecule has 14 heteroatoms. The summed E-state index contributed by atoms with van der Waals surface area (Å²) in [5.74, 6) is 0.584. The number of hydrogen-bond acceptors (Lipinski definition) is 7. The number of aromatic nitrogens is 4. The fourth-order valence-electron chi connectivity index (χ4n) is 3.32. The van der Waals surface area contributed by atoms with E-state index in [0.717, 1.165) is 12.1 Å². The highest BCUT2D eigenvalue weighted by atomic mass is 32.2. The molecule has 3 aromatic rings. The molecule has 0 spiro atoms. The quantitative estimate of drug-likeness (QED) is 0.428. The zero-order valence-corrected chi connectivity index (χ0v) is 20.4. The van der Waals surface area contributed by atoms with Gasteiger partial charge < -0.3 is 9.64 Å². The number of alkyl halides is 3. The van der Waals surface area contributed by atoms with E-state index in [0.29, 0.717) is 22.7 Å². The van der Waals surface area contributed by atoms with Gasteiger partial charge in [0.05, 0.1) is 23.5 Å². The average molecular weight is 527 g/mol.